The van der Waals surface area contributed by atoms with Crippen LogP contribution in [0, 0.1) is 12.8 Å². The lowest BCUT2D eigenvalue weighted by atomic mass is 10.1. The number of nitrogens with zero attached hydrogens (tertiary/aromatic N) is 3. The highest BCUT2D eigenvalue weighted by molar-refractivity contribution is 14.0. The van der Waals surface area contributed by atoms with Gasteiger partial charge in [-0.2, -0.15) is 0 Å². The van der Waals surface area contributed by atoms with Crippen molar-refractivity contribution in [3.63, 3.8) is 0 Å². The van der Waals surface area contributed by atoms with Crippen molar-refractivity contribution in [3.05, 3.63) is 27.4 Å². The Morgan fingerprint density at radius 3 is 3.00 bits per heavy atom. The first-order valence-electron chi connectivity index (χ1n) is 9.23. The molecule has 5 nitrogen and oxygen atoms in total. The van der Waals surface area contributed by atoms with E-state index in [1.54, 1.807) is 18.4 Å². The summed E-state index contributed by atoms with van der Waals surface area (Å²) in [6.07, 6.45) is 2.15. The molecule has 0 aliphatic carbocycles. The lowest BCUT2D eigenvalue weighted by Gasteiger charge is -2.21. The highest BCUT2D eigenvalue weighted by Crippen LogP contribution is 2.29. The number of guanidine groups is 1. The molecular formula is C19H29IN4OS2. The summed E-state index contributed by atoms with van der Waals surface area (Å²) < 4.78 is 5.30. The number of aryl methyl sites for hydroxylation is 1. The predicted octanol–water partition coefficient (Wildman–Crippen LogP) is 4.27. The van der Waals surface area contributed by atoms with Crippen molar-refractivity contribution in [1.29, 1.82) is 0 Å². The largest absolute Gasteiger partial charge is 0.384 e. The van der Waals surface area contributed by atoms with Crippen LogP contribution in [0.5, 0.6) is 0 Å². The third-order valence-corrected chi connectivity index (χ3v) is 6.42. The minimum absolute atomic E-state index is 0. The van der Waals surface area contributed by atoms with Crippen LogP contribution >= 0.6 is 46.7 Å². The second-order valence-electron chi connectivity index (χ2n) is 6.56. The molecule has 1 fully saturated rings. The maximum Gasteiger partial charge on any atom is 0.193 e. The quantitative estimate of drug-likeness (QED) is 0.337. The van der Waals surface area contributed by atoms with Gasteiger partial charge >= 0.3 is 0 Å². The molecule has 3 heterocycles. The van der Waals surface area contributed by atoms with E-state index in [9.17, 15) is 0 Å². The van der Waals surface area contributed by atoms with Gasteiger partial charge in [0.05, 0.1) is 22.2 Å². The van der Waals surface area contributed by atoms with E-state index in [0.29, 0.717) is 5.92 Å². The zero-order chi connectivity index (χ0) is 18.4. The molecule has 1 atom stereocenters. The Hall–Kier alpha value is -0.710. The zero-order valence-corrected chi connectivity index (χ0v) is 20.2. The summed E-state index contributed by atoms with van der Waals surface area (Å²) in [6, 6.07) is 4.39. The van der Waals surface area contributed by atoms with Crippen LogP contribution in [0.2, 0.25) is 0 Å². The molecule has 0 amide bonds. The number of hydrogen-bond acceptors (Lipinski definition) is 5. The Morgan fingerprint density at radius 1 is 1.44 bits per heavy atom. The summed E-state index contributed by atoms with van der Waals surface area (Å²) in [5.41, 5.74) is 1.10. The van der Waals surface area contributed by atoms with Crippen LogP contribution in [0.25, 0.3) is 10.6 Å². The minimum Gasteiger partial charge on any atom is -0.384 e. The number of thiophene rings is 1. The molecule has 0 bridgehead atoms. The van der Waals surface area contributed by atoms with Crippen molar-refractivity contribution in [3.8, 4) is 10.6 Å². The third-order valence-electron chi connectivity index (χ3n) is 4.48. The number of aliphatic imine (C=N–C) groups is 1. The Kier molecular flexibility index (Phi) is 9.47. The van der Waals surface area contributed by atoms with E-state index in [-0.39, 0.29) is 24.0 Å². The van der Waals surface area contributed by atoms with Crippen molar-refractivity contribution in [1.82, 2.24) is 15.2 Å². The van der Waals surface area contributed by atoms with Crippen LogP contribution in [0.1, 0.15) is 23.2 Å². The van der Waals surface area contributed by atoms with Crippen molar-refractivity contribution < 1.29 is 4.74 Å². The summed E-state index contributed by atoms with van der Waals surface area (Å²) in [5.74, 6) is 1.66. The van der Waals surface area contributed by atoms with Gasteiger partial charge in [0.2, 0.25) is 0 Å². The summed E-state index contributed by atoms with van der Waals surface area (Å²) >= 11 is 3.53. The fourth-order valence-corrected chi connectivity index (χ4v) is 4.87. The predicted molar refractivity (Wildman–Crippen MR) is 127 cm³/mol. The molecule has 0 aromatic carbocycles. The summed E-state index contributed by atoms with van der Waals surface area (Å²) in [6.45, 7) is 8.82. The van der Waals surface area contributed by atoms with Gasteiger partial charge in [-0.3, -0.25) is 4.99 Å². The number of halogens is 1. The van der Waals surface area contributed by atoms with Crippen LogP contribution in [-0.2, 0) is 11.2 Å². The topological polar surface area (TPSA) is 49.8 Å². The van der Waals surface area contributed by atoms with E-state index in [4.69, 9.17) is 9.73 Å². The van der Waals surface area contributed by atoms with Crippen LogP contribution < -0.4 is 5.32 Å². The van der Waals surface area contributed by atoms with E-state index in [1.807, 2.05) is 11.3 Å². The van der Waals surface area contributed by atoms with E-state index in [2.05, 4.69) is 46.6 Å². The third kappa shape index (κ3) is 6.40. The first kappa shape index (κ1) is 22.6. The Bertz CT molecular complexity index is 731. The van der Waals surface area contributed by atoms with E-state index in [1.165, 1.54) is 16.2 Å². The monoisotopic (exact) mass is 520 g/mol. The van der Waals surface area contributed by atoms with Crippen LogP contribution in [0.3, 0.4) is 0 Å². The van der Waals surface area contributed by atoms with Gasteiger partial charge < -0.3 is 15.0 Å². The zero-order valence-electron chi connectivity index (χ0n) is 16.2. The van der Waals surface area contributed by atoms with Crippen LogP contribution in [0.15, 0.2) is 22.5 Å². The minimum atomic E-state index is 0. The number of rotatable bonds is 7. The molecule has 1 aliphatic rings. The molecule has 1 saturated heterocycles. The van der Waals surface area contributed by atoms with Crippen molar-refractivity contribution >= 4 is 52.6 Å². The number of ether oxygens (including phenoxy) is 1. The Labute approximate surface area is 187 Å². The number of nitrogens with one attached hydrogen (secondary N) is 1. The molecule has 0 radical (unpaired) electrons. The maximum atomic E-state index is 5.30. The van der Waals surface area contributed by atoms with Crippen molar-refractivity contribution in [2.45, 2.75) is 26.7 Å². The normalized spacial score (nSPS) is 17.2. The second kappa shape index (κ2) is 11.3. The van der Waals surface area contributed by atoms with Gasteiger partial charge in [-0.05, 0) is 32.4 Å². The van der Waals surface area contributed by atoms with Gasteiger partial charge in [0.15, 0.2) is 5.96 Å². The van der Waals surface area contributed by atoms with Gasteiger partial charge in [-0.25, -0.2) is 4.98 Å². The molecule has 3 rings (SSSR count). The average molecular weight is 521 g/mol. The van der Waals surface area contributed by atoms with Gasteiger partial charge in [0.1, 0.15) is 0 Å². The average Bonchev–Trinajstić information content (AvgIpc) is 3.35. The molecular weight excluding hydrogens is 491 g/mol. The SMILES string of the molecule is CCNC(=NCCc1ccc(-c2csc(C)n2)s1)N1CCC(COC)C1.I. The lowest BCUT2D eigenvalue weighted by Crippen LogP contribution is -2.40. The fraction of sp³-hybridized carbons (Fsp3) is 0.579. The number of likely N-dealkylation sites (tertiary alicyclic amines) is 1. The second-order valence-corrected chi connectivity index (χ2v) is 8.79. The molecule has 150 valence electrons. The number of aromatic nitrogens is 1. The Balaban J connectivity index is 0.00000261. The molecule has 8 heteroatoms. The van der Waals surface area contributed by atoms with Crippen molar-refractivity contribution in [2.24, 2.45) is 10.9 Å². The molecule has 2 aromatic rings. The van der Waals surface area contributed by atoms with Gasteiger partial charge in [0.25, 0.3) is 0 Å². The molecule has 1 unspecified atom stereocenters. The highest BCUT2D eigenvalue weighted by Gasteiger charge is 2.24. The highest BCUT2D eigenvalue weighted by atomic mass is 127. The molecule has 27 heavy (non-hydrogen) atoms. The first-order valence-corrected chi connectivity index (χ1v) is 10.9. The van der Waals surface area contributed by atoms with Gasteiger partial charge in [0, 0.05) is 55.9 Å². The smallest absolute Gasteiger partial charge is 0.193 e. The van der Waals surface area contributed by atoms with E-state index in [0.717, 1.165) is 55.9 Å². The summed E-state index contributed by atoms with van der Waals surface area (Å²) in [7, 11) is 1.78. The number of methoxy groups -OCH3 is 1. The number of hydrogen-bond donors (Lipinski definition) is 1. The standard InChI is InChI=1S/C19H28N4OS2.HI/c1-4-20-19(23-10-8-15(11-23)12-24-3)21-9-7-16-5-6-18(26-16)17-13-25-14(2)22-17;/h5-6,13,15H,4,7-12H2,1-3H3,(H,20,21);1H. The maximum absolute atomic E-state index is 5.30. The summed E-state index contributed by atoms with van der Waals surface area (Å²) in [4.78, 5) is 14.4. The van der Waals surface area contributed by atoms with Crippen molar-refractivity contribution in [2.75, 3.05) is 39.9 Å². The van der Waals surface area contributed by atoms with Gasteiger partial charge in [-0.15, -0.1) is 46.7 Å². The fourth-order valence-electron chi connectivity index (χ4n) is 3.22. The van der Waals surface area contributed by atoms with E-state index < -0.39 is 0 Å². The molecule has 2 aromatic heterocycles. The summed E-state index contributed by atoms with van der Waals surface area (Å²) in [5, 5.41) is 6.69. The Morgan fingerprint density at radius 2 is 2.30 bits per heavy atom. The first-order chi connectivity index (χ1) is 12.7. The van der Waals surface area contributed by atoms with Crippen LogP contribution in [-0.4, -0.2) is 55.7 Å². The van der Waals surface area contributed by atoms with Crippen LogP contribution in [0.4, 0.5) is 0 Å². The molecule has 0 spiro atoms. The molecule has 1 N–H and O–H groups in total. The molecule has 1 aliphatic heterocycles. The lowest BCUT2D eigenvalue weighted by molar-refractivity contribution is 0.157. The molecule has 0 saturated carbocycles. The van der Waals surface area contributed by atoms with Gasteiger partial charge in [-0.1, -0.05) is 0 Å². The van der Waals surface area contributed by atoms with E-state index >= 15 is 0 Å². The number of thiazole rings is 1.